The number of nitrogens with zero attached hydrogens (tertiary/aromatic N) is 1. The van der Waals surface area contributed by atoms with E-state index in [0.717, 1.165) is 16.9 Å². The SMILES string of the molecule is CC(C)COc1ccccc1/C=N\NC(=O)Cc1ccc(Cl)cc1. The van der Waals surface area contributed by atoms with Gasteiger partial charge in [-0.2, -0.15) is 5.10 Å². The first-order chi connectivity index (χ1) is 11.5. The Kier molecular flexibility index (Phi) is 6.82. The van der Waals surface area contributed by atoms with Crippen molar-refractivity contribution in [3.8, 4) is 5.75 Å². The second-order valence-corrected chi connectivity index (χ2v) is 6.28. The van der Waals surface area contributed by atoms with Gasteiger partial charge in [0, 0.05) is 10.6 Å². The zero-order chi connectivity index (χ0) is 17.4. The minimum absolute atomic E-state index is 0.186. The van der Waals surface area contributed by atoms with Gasteiger partial charge < -0.3 is 4.74 Å². The number of nitrogens with one attached hydrogen (secondary N) is 1. The van der Waals surface area contributed by atoms with Gasteiger partial charge in [0.2, 0.25) is 5.91 Å². The summed E-state index contributed by atoms with van der Waals surface area (Å²) in [5, 5.41) is 4.66. The predicted molar refractivity (Wildman–Crippen MR) is 97.7 cm³/mol. The average molecular weight is 345 g/mol. The van der Waals surface area contributed by atoms with E-state index < -0.39 is 0 Å². The van der Waals surface area contributed by atoms with E-state index in [1.807, 2.05) is 36.4 Å². The molecule has 0 fully saturated rings. The number of hydrazone groups is 1. The minimum Gasteiger partial charge on any atom is -0.493 e. The molecule has 1 amide bonds. The Balaban J connectivity index is 1.91. The van der Waals surface area contributed by atoms with Crippen LogP contribution in [0.4, 0.5) is 0 Å². The van der Waals surface area contributed by atoms with Gasteiger partial charge in [-0.1, -0.05) is 49.7 Å². The summed E-state index contributed by atoms with van der Waals surface area (Å²) in [7, 11) is 0. The zero-order valence-corrected chi connectivity index (χ0v) is 14.6. The van der Waals surface area contributed by atoms with Gasteiger partial charge in [0.1, 0.15) is 5.75 Å². The normalized spacial score (nSPS) is 11.0. The standard InChI is InChI=1S/C19H21ClN2O2/c1-14(2)13-24-18-6-4-3-5-16(18)12-21-22-19(23)11-15-7-9-17(20)10-8-15/h3-10,12,14H,11,13H2,1-2H3,(H,22,23)/b21-12-. The molecule has 0 unspecified atom stereocenters. The molecule has 5 heteroatoms. The van der Waals surface area contributed by atoms with E-state index in [1.165, 1.54) is 0 Å². The van der Waals surface area contributed by atoms with Gasteiger partial charge in [0.25, 0.3) is 0 Å². The van der Waals surface area contributed by atoms with Gasteiger partial charge in [-0.05, 0) is 35.7 Å². The first-order valence-corrected chi connectivity index (χ1v) is 8.20. The maximum Gasteiger partial charge on any atom is 0.244 e. The van der Waals surface area contributed by atoms with E-state index in [0.29, 0.717) is 17.5 Å². The number of carbonyl (C=O) groups is 1. The zero-order valence-electron chi connectivity index (χ0n) is 13.8. The van der Waals surface area contributed by atoms with Gasteiger partial charge in [0.05, 0.1) is 19.2 Å². The third kappa shape index (κ3) is 6.05. The lowest BCUT2D eigenvalue weighted by Crippen LogP contribution is -2.19. The minimum atomic E-state index is -0.186. The van der Waals surface area contributed by atoms with Crippen molar-refractivity contribution in [2.75, 3.05) is 6.61 Å². The Bertz CT molecular complexity index is 697. The number of carbonyl (C=O) groups excluding carboxylic acids is 1. The molecule has 4 nitrogen and oxygen atoms in total. The topological polar surface area (TPSA) is 50.7 Å². The fraction of sp³-hybridized carbons (Fsp3) is 0.263. The molecule has 0 radical (unpaired) electrons. The Labute approximate surface area is 147 Å². The van der Waals surface area contributed by atoms with Gasteiger partial charge in [0.15, 0.2) is 0 Å². The van der Waals surface area contributed by atoms with Crippen molar-refractivity contribution in [1.82, 2.24) is 5.43 Å². The van der Waals surface area contributed by atoms with Crippen LogP contribution in [0.3, 0.4) is 0 Å². The maximum absolute atomic E-state index is 11.9. The van der Waals surface area contributed by atoms with Crippen LogP contribution in [0.15, 0.2) is 53.6 Å². The molecule has 0 aliphatic rings. The quantitative estimate of drug-likeness (QED) is 0.608. The van der Waals surface area contributed by atoms with Crippen LogP contribution in [0, 0.1) is 5.92 Å². The highest BCUT2D eigenvalue weighted by atomic mass is 35.5. The monoisotopic (exact) mass is 344 g/mol. The third-order valence-electron chi connectivity index (χ3n) is 3.16. The van der Waals surface area contributed by atoms with E-state index in [1.54, 1.807) is 18.3 Å². The summed E-state index contributed by atoms with van der Waals surface area (Å²) < 4.78 is 5.75. The van der Waals surface area contributed by atoms with Crippen molar-refractivity contribution >= 4 is 23.7 Å². The molecule has 0 saturated heterocycles. The van der Waals surface area contributed by atoms with Crippen molar-refractivity contribution in [1.29, 1.82) is 0 Å². The molecule has 0 heterocycles. The van der Waals surface area contributed by atoms with Gasteiger partial charge in [-0.15, -0.1) is 0 Å². The lowest BCUT2D eigenvalue weighted by Gasteiger charge is -2.10. The Morgan fingerprint density at radius 3 is 2.62 bits per heavy atom. The number of halogens is 1. The largest absolute Gasteiger partial charge is 0.493 e. The molecule has 2 aromatic rings. The lowest BCUT2D eigenvalue weighted by molar-refractivity contribution is -0.120. The highest BCUT2D eigenvalue weighted by Gasteiger charge is 2.04. The van der Waals surface area contributed by atoms with Crippen LogP contribution in [0.2, 0.25) is 5.02 Å². The van der Waals surface area contributed by atoms with Crippen LogP contribution in [-0.2, 0) is 11.2 Å². The van der Waals surface area contributed by atoms with Crippen LogP contribution >= 0.6 is 11.6 Å². The molecule has 24 heavy (non-hydrogen) atoms. The fourth-order valence-corrected chi connectivity index (χ4v) is 2.10. The smallest absolute Gasteiger partial charge is 0.244 e. The summed E-state index contributed by atoms with van der Waals surface area (Å²) in [6.07, 6.45) is 1.84. The van der Waals surface area contributed by atoms with Gasteiger partial charge in [-0.3, -0.25) is 4.79 Å². The van der Waals surface area contributed by atoms with Gasteiger partial charge >= 0.3 is 0 Å². The van der Waals surface area contributed by atoms with E-state index in [4.69, 9.17) is 16.3 Å². The fourth-order valence-electron chi connectivity index (χ4n) is 1.98. The summed E-state index contributed by atoms with van der Waals surface area (Å²) in [5.74, 6) is 1.00. The number of ether oxygens (including phenoxy) is 1. The molecular weight excluding hydrogens is 324 g/mol. The molecule has 0 aliphatic carbocycles. The van der Waals surface area contributed by atoms with E-state index in [9.17, 15) is 4.79 Å². The second kappa shape index (κ2) is 9.08. The van der Waals surface area contributed by atoms with Crippen molar-refractivity contribution in [3.63, 3.8) is 0 Å². The van der Waals surface area contributed by atoms with Crippen LogP contribution in [0.25, 0.3) is 0 Å². The number of amides is 1. The Morgan fingerprint density at radius 2 is 1.92 bits per heavy atom. The Morgan fingerprint density at radius 1 is 1.21 bits per heavy atom. The molecular formula is C19H21ClN2O2. The summed E-state index contributed by atoms with van der Waals surface area (Å²) in [6.45, 7) is 4.81. The molecule has 0 aliphatic heterocycles. The molecule has 2 aromatic carbocycles. The van der Waals surface area contributed by atoms with E-state index >= 15 is 0 Å². The highest BCUT2D eigenvalue weighted by molar-refractivity contribution is 6.30. The van der Waals surface area contributed by atoms with Crippen molar-refractivity contribution < 1.29 is 9.53 Å². The van der Waals surface area contributed by atoms with Gasteiger partial charge in [-0.25, -0.2) is 5.43 Å². The molecule has 0 atom stereocenters. The van der Waals surface area contributed by atoms with E-state index in [2.05, 4.69) is 24.4 Å². The van der Waals surface area contributed by atoms with Crippen LogP contribution < -0.4 is 10.2 Å². The first kappa shape index (κ1) is 18.0. The number of para-hydroxylation sites is 1. The molecule has 0 saturated carbocycles. The predicted octanol–water partition coefficient (Wildman–Crippen LogP) is 4.07. The molecule has 0 bridgehead atoms. The molecule has 1 N–H and O–H groups in total. The Hall–Kier alpha value is -2.33. The number of rotatable bonds is 7. The number of hydrogen-bond donors (Lipinski definition) is 1. The molecule has 2 rings (SSSR count). The van der Waals surface area contributed by atoms with E-state index in [-0.39, 0.29) is 12.3 Å². The van der Waals surface area contributed by atoms with Crippen molar-refractivity contribution in [2.45, 2.75) is 20.3 Å². The summed E-state index contributed by atoms with van der Waals surface area (Å²) >= 11 is 5.82. The maximum atomic E-state index is 11.9. The molecule has 0 aromatic heterocycles. The molecule has 126 valence electrons. The summed E-state index contributed by atoms with van der Waals surface area (Å²) in [6, 6.07) is 14.8. The summed E-state index contributed by atoms with van der Waals surface area (Å²) in [4.78, 5) is 11.9. The van der Waals surface area contributed by atoms with Crippen LogP contribution in [0.1, 0.15) is 25.0 Å². The van der Waals surface area contributed by atoms with Crippen molar-refractivity contribution in [2.24, 2.45) is 11.0 Å². The second-order valence-electron chi connectivity index (χ2n) is 5.84. The first-order valence-electron chi connectivity index (χ1n) is 7.83. The van der Waals surface area contributed by atoms with Crippen LogP contribution in [-0.4, -0.2) is 18.7 Å². The summed E-state index contributed by atoms with van der Waals surface area (Å²) in [5.41, 5.74) is 4.23. The number of benzene rings is 2. The third-order valence-corrected chi connectivity index (χ3v) is 3.41. The van der Waals surface area contributed by atoms with Crippen molar-refractivity contribution in [3.05, 3.63) is 64.7 Å². The highest BCUT2D eigenvalue weighted by Crippen LogP contribution is 2.16. The average Bonchev–Trinajstić information content (AvgIpc) is 2.56. The molecule has 0 spiro atoms. The van der Waals surface area contributed by atoms with Crippen LogP contribution in [0.5, 0.6) is 5.75 Å². The lowest BCUT2D eigenvalue weighted by atomic mass is 10.1. The number of hydrogen-bond acceptors (Lipinski definition) is 3.